The third-order valence-corrected chi connectivity index (χ3v) is 2.70. The lowest BCUT2D eigenvalue weighted by Crippen LogP contribution is -2.47. The molecule has 0 bridgehead atoms. The lowest BCUT2D eigenvalue weighted by atomic mass is 10.2. The predicted octanol–water partition coefficient (Wildman–Crippen LogP) is 1.15. The Hall–Kier alpha value is -0.0300. The Morgan fingerprint density at radius 2 is 2.15 bits per heavy atom. The highest BCUT2D eigenvalue weighted by Gasteiger charge is 2.33. The maximum Gasteiger partial charge on any atom is 0.322 e. The minimum atomic E-state index is -0.808. The maximum atomic E-state index is 10.8. The van der Waals surface area contributed by atoms with Crippen LogP contribution in [0.1, 0.15) is 12.8 Å². The molecule has 1 saturated heterocycles. The molecule has 1 atom stereocenters. The average molecular weight is 227 g/mol. The summed E-state index contributed by atoms with van der Waals surface area (Å²) in [5, 5.41) is 12.2. The van der Waals surface area contributed by atoms with Crippen molar-refractivity contribution in [1.82, 2.24) is 10.0 Å². The largest absolute Gasteiger partial charge is 0.480 e. The number of carboxylic acids is 1. The summed E-state index contributed by atoms with van der Waals surface area (Å²) in [5.74, 6) is -0.808. The van der Waals surface area contributed by atoms with Gasteiger partial charge in [-0.15, -0.1) is 23.2 Å². The van der Waals surface area contributed by atoms with Crippen LogP contribution in [0.25, 0.3) is 0 Å². The number of hydrogen-bond acceptors (Lipinski definition) is 3. The number of hydrogen-bond donors (Lipinski definition) is 1. The van der Waals surface area contributed by atoms with Gasteiger partial charge < -0.3 is 5.11 Å². The molecule has 0 aromatic rings. The smallest absolute Gasteiger partial charge is 0.322 e. The number of nitrogens with zero attached hydrogens (tertiary/aromatic N) is 2. The Morgan fingerprint density at radius 1 is 1.54 bits per heavy atom. The second kappa shape index (κ2) is 5.00. The lowest BCUT2D eigenvalue weighted by Gasteiger charge is -2.30. The number of hydrazine groups is 1. The summed E-state index contributed by atoms with van der Waals surface area (Å²) < 4.78 is 0. The Labute approximate surface area is 87.0 Å². The van der Waals surface area contributed by atoms with Crippen LogP contribution in [0.15, 0.2) is 0 Å². The van der Waals surface area contributed by atoms with Crippen LogP contribution in [0.2, 0.25) is 0 Å². The molecular formula is C7H12Cl2N2O2. The highest BCUT2D eigenvalue weighted by molar-refractivity contribution is 6.19. The first-order valence-corrected chi connectivity index (χ1v) is 5.14. The molecule has 1 heterocycles. The minimum Gasteiger partial charge on any atom is -0.480 e. The summed E-state index contributed by atoms with van der Waals surface area (Å²) in [6.07, 6.45) is 1.54. The molecule has 0 spiro atoms. The zero-order valence-corrected chi connectivity index (χ0v) is 8.63. The summed E-state index contributed by atoms with van der Waals surface area (Å²) in [7, 11) is 0. The molecule has 13 heavy (non-hydrogen) atoms. The van der Waals surface area contributed by atoms with Crippen molar-refractivity contribution < 1.29 is 9.90 Å². The van der Waals surface area contributed by atoms with E-state index >= 15 is 0 Å². The second-order valence-electron chi connectivity index (χ2n) is 2.90. The molecule has 1 fully saturated rings. The van der Waals surface area contributed by atoms with E-state index in [2.05, 4.69) is 0 Å². The van der Waals surface area contributed by atoms with Crippen molar-refractivity contribution >= 4 is 29.2 Å². The summed E-state index contributed by atoms with van der Waals surface area (Å²) in [6, 6.07) is -0.00176. The molecule has 0 aromatic heterocycles. The maximum absolute atomic E-state index is 10.8. The highest BCUT2D eigenvalue weighted by Crippen LogP contribution is 2.20. The van der Waals surface area contributed by atoms with Crippen molar-refractivity contribution in [2.75, 3.05) is 18.6 Å². The first kappa shape index (κ1) is 11.0. The van der Waals surface area contributed by atoms with Gasteiger partial charge in [0.15, 0.2) is 0 Å². The van der Waals surface area contributed by atoms with Crippen LogP contribution in [-0.2, 0) is 4.79 Å². The van der Waals surface area contributed by atoms with E-state index in [-0.39, 0.29) is 12.0 Å². The van der Waals surface area contributed by atoms with Crippen LogP contribution < -0.4 is 0 Å². The Morgan fingerprint density at radius 3 is 2.62 bits per heavy atom. The number of rotatable bonds is 4. The first-order valence-electron chi connectivity index (χ1n) is 4.07. The van der Waals surface area contributed by atoms with Crippen LogP contribution in [0.5, 0.6) is 0 Å². The van der Waals surface area contributed by atoms with Crippen LogP contribution in [0, 0.1) is 0 Å². The number of halogens is 2. The molecule has 0 saturated carbocycles. The number of aliphatic carboxylic acids is 1. The van der Waals surface area contributed by atoms with Gasteiger partial charge in [0.25, 0.3) is 0 Å². The third-order valence-electron chi connectivity index (χ3n) is 2.15. The predicted molar refractivity (Wildman–Crippen MR) is 50.6 cm³/mol. The molecule has 1 aliphatic rings. The van der Waals surface area contributed by atoms with E-state index in [0.717, 1.165) is 13.0 Å². The standard InChI is InChI=1S/C7H12Cl2N2O2/c8-4-10(5-9)11-3-1-2-6(11)7(12)13/h6H,1-5H2,(H,12,13). The molecule has 1 rings (SSSR count). The van der Waals surface area contributed by atoms with Crippen molar-refractivity contribution in [3.05, 3.63) is 0 Å². The van der Waals surface area contributed by atoms with Crippen molar-refractivity contribution in [2.45, 2.75) is 18.9 Å². The van der Waals surface area contributed by atoms with Gasteiger partial charge in [-0.25, -0.2) is 10.0 Å². The zero-order valence-electron chi connectivity index (χ0n) is 7.12. The van der Waals surface area contributed by atoms with Gasteiger partial charge >= 0.3 is 5.97 Å². The molecule has 76 valence electrons. The van der Waals surface area contributed by atoms with Crippen LogP contribution in [0.3, 0.4) is 0 Å². The van der Waals surface area contributed by atoms with Crippen LogP contribution >= 0.6 is 23.2 Å². The fraction of sp³-hybridized carbons (Fsp3) is 0.857. The summed E-state index contributed by atoms with van der Waals surface area (Å²) >= 11 is 11.2. The monoisotopic (exact) mass is 226 g/mol. The molecule has 1 N–H and O–H groups in total. The molecular weight excluding hydrogens is 215 g/mol. The third kappa shape index (κ3) is 2.47. The fourth-order valence-electron chi connectivity index (χ4n) is 1.51. The molecule has 1 aliphatic heterocycles. The number of alkyl halides is 2. The molecule has 6 heteroatoms. The van der Waals surface area contributed by atoms with E-state index in [1.54, 1.807) is 10.0 Å². The van der Waals surface area contributed by atoms with Gasteiger partial charge in [0.2, 0.25) is 0 Å². The molecule has 1 unspecified atom stereocenters. The second-order valence-corrected chi connectivity index (χ2v) is 3.38. The Bertz CT molecular complexity index is 187. The zero-order chi connectivity index (χ0) is 9.84. The van der Waals surface area contributed by atoms with Gasteiger partial charge in [0.05, 0.1) is 12.0 Å². The molecule has 0 amide bonds. The molecule has 4 nitrogen and oxygen atoms in total. The number of carboxylic acid groups (broad SMARTS) is 1. The molecule has 0 radical (unpaired) electrons. The van der Waals surface area contributed by atoms with E-state index in [1.807, 2.05) is 0 Å². The average Bonchev–Trinajstić information content (AvgIpc) is 2.55. The van der Waals surface area contributed by atoms with Crippen LogP contribution in [0.4, 0.5) is 0 Å². The van der Waals surface area contributed by atoms with Gasteiger partial charge in [0.1, 0.15) is 6.04 Å². The molecule has 0 aliphatic carbocycles. The van der Waals surface area contributed by atoms with Crippen molar-refractivity contribution in [1.29, 1.82) is 0 Å². The normalized spacial score (nSPS) is 24.1. The van der Waals surface area contributed by atoms with E-state index in [9.17, 15) is 4.79 Å². The lowest BCUT2D eigenvalue weighted by molar-refractivity contribution is -0.148. The van der Waals surface area contributed by atoms with Gasteiger partial charge in [-0.1, -0.05) is 0 Å². The SMILES string of the molecule is O=C(O)C1CCCN1N(CCl)CCl. The number of carbonyl (C=O) groups is 1. The van der Waals surface area contributed by atoms with Crippen LogP contribution in [-0.4, -0.2) is 45.7 Å². The van der Waals surface area contributed by atoms with E-state index in [0.29, 0.717) is 6.42 Å². The highest BCUT2D eigenvalue weighted by atomic mass is 35.5. The quantitative estimate of drug-likeness (QED) is 0.577. The summed E-state index contributed by atoms with van der Waals surface area (Å²) in [5.41, 5.74) is 0. The molecule has 0 aromatic carbocycles. The Balaban J connectivity index is 2.61. The minimum absolute atomic E-state index is 0.229. The van der Waals surface area contributed by atoms with E-state index < -0.39 is 12.0 Å². The van der Waals surface area contributed by atoms with E-state index in [1.165, 1.54) is 0 Å². The van der Waals surface area contributed by atoms with Gasteiger partial charge in [-0.2, -0.15) is 0 Å². The Kier molecular flexibility index (Phi) is 4.25. The van der Waals surface area contributed by atoms with Gasteiger partial charge in [-0.05, 0) is 12.8 Å². The summed E-state index contributed by atoms with van der Waals surface area (Å²) in [4.78, 5) is 10.8. The van der Waals surface area contributed by atoms with Gasteiger partial charge in [-0.3, -0.25) is 4.79 Å². The first-order chi connectivity index (χ1) is 6.20. The van der Waals surface area contributed by atoms with Gasteiger partial charge in [0, 0.05) is 6.54 Å². The summed E-state index contributed by atoms with van der Waals surface area (Å²) in [6.45, 7) is 0.719. The topological polar surface area (TPSA) is 43.8 Å². The fourth-order valence-corrected chi connectivity index (χ4v) is 2.04. The van der Waals surface area contributed by atoms with Crippen molar-refractivity contribution in [2.24, 2.45) is 0 Å². The van der Waals surface area contributed by atoms with E-state index in [4.69, 9.17) is 28.3 Å². The van der Waals surface area contributed by atoms with Crippen molar-refractivity contribution in [3.8, 4) is 0 Å². The van der Waals surface area contributed by atoms with Crippen molar-refractivity contribution in [3.63, 3.8) is 0 Å².